The van der Waals surface area contributed by atoms with Crippen LogP contribution >= 0.6 is 0 Å². The highest BCUT2D eigenvalue weighted by atomic mass is 16.5. The molecule has 0 aliphatic heterocycles. The molecule has 0 bridgehead atoms. The number of hydrogen-bond donors (Lipinski definition) is 3. The van der Waals surface area contributed by atoms with E-state index in [-0.39, 0.29) is 0 Å². The number of nitrogens with zero attached hydrogens (tertiary/aromatic N) is 1. The molecule has 0 aromatic heterocycles. The fraction of sp³-hybridized carbons (Fsp3) is 0.944. The van der Waals surface area contributed by atoms with E-state index in [1.165, 1.54) is 51.4 Å². The van der Waals surface area contributed by atoms with Crippen LogP contribution in [0.25, 0.3) is 0 Å². The van der Waals surface area contributed by atoms with Crippen LogP contribution in [0.2, 0.25) is 0 Å². The third kappa shape index (κ3) is 8.56. The van der Waals surface area contributed by atoms with Crippen molar-refractivity contribution in [3.63, 3.8) is 0 Å². The van der Waals surface area contributed by atoms with Crippen molar-refractivity contribution >= 4 is 5.96 Å². The van der Waals surface area contributed by atoms with Crippen LogP contribution in [-0.4, -0.2) is 50.0 Å². The lowest BCUT2D eigenvalue weighted by molar-refractivity contribution is 0.0368. The number of aliphatic hydroxyl groups is 1. The summed E-state index contributed by atoms with van der Waals surface area (Å²) in [4.78, 5) is 4.46. The number of nitrogens with one attached hydrogen (secondary N) is 2. The van der Waals surface area contributed by atoms with Gasteiger partial charge in [0.05, 0.1) is 19.3 Å². The first-order valence-electron chi connectivity index (χ1n) is 9.56. The SMILES string of the molecule is CCNC(=NCC(O)COCC1CC1)NCCCC1CCCC1. The average Bonchev–Trinajstić information content (AvgIpc) is 3.22. The van der Waals surface area contributed by atoms with Crippen molar-refractivity contribution < 1.29 is 9.84 Å². The van der Waals surface area contributed by atoms with Gasteiger partial charge in [-0.15, -0.1) is 0 Å². The van der Waals surface area contributed by atoms with Gasteiger partial charge >= 0.3 is 0 Å². The van der Waals surface area contributed by atoms with Gasteiger partial charge in [-0.1, -0.05) is 25.7 Å². The van der Waals surface area contributed by atoms with E-state index in [9.17, 15) is 5.11 Å². The second kappa shape index (κ2) is 10.9. The lowest BCUT2D eigenvalue weighted by Crippen LogP contribution is -2.38. The summed E-state index contributed by atoms with van der Waals surface area (Å²) in [5.41, 5.74) is 0. The van der Waals surface area contributed by atoms with Crippen LogP contribution in [0.15, 0.2) is 4.99 Å². The van der Waals surface area contributed by atoms with E-state index < -0.39 is 6.10 Å². The van der Waals surface area contributed by atoms with Gasteiger partial charge in [0, 0.05) is 19.7 Å². The lowest BCUT2D eigenvalue weighted by Gasteiger charge is -2.14. The zero-order valence-electron chi connectivity index (χ0n) is 14.7. The Kier molecular flexibility index (Phi) is 8.76. The van der Waals surface area contributed by atoms with Crippen molar-refractivity contribution in [2.75, 3.05) is 32.8 Å². The number of aliphatic imine (C=N–C) groups is 1. The zero-order valence-corrected chi connectivity index (χ0v) is 14.7. The van der Waals surface area contributed by atoms with E-state index in [1.807, 2.05) is 0 Å². The number of rotatable bonds is 11. The molecule has 3 N–H and O–H groups in total. The summed E-state index contributed by atoms with van der Waals surface area (Å²) in [6, 6.07) is 0. The Balaban J connectivity index is 1.56. The van der Waals surface area contributed by atoms with Crippen molar-refractivity contribution in [2.24, 2.45) is 16.8 Å². The van der Waals surface area contributed by atoms with Crippen molar-refractivity contribution in [3.8, 4) is 0 Å². The van der Waals surface area contributed by atoms with E-state index in [1.54, 1.807) is 0 Å². The minimum atomic E-state index is -0.511. The van der Waals surface area contributed by atoms with E-state index in [4.69, 9.17) is 4.74 Å². The van der Waals surface area contributed by atoms with Crippen LogP contribution in [0.3, 0.4) is 0 Å². The second-order valence-electron chi connectivity index (χ2n) is 7.07. The summed E-state index contributed by atoms with van der Waals surface area (Å²) >= 11 is 0. The topological polar surface area (TPSA) is 65.9 Å². The normalized spacial score (nSPS) is 20.7. The quantitative estimate of drug-likeness (QED) is 0.310. The molecule has 2 aliphatic carbocycles. The summed E-state index contributed by atoms with van der Waals surface area (Å²) in [5.74, 6) is 2.49. The standard InChI is InChI=1S/C18H35N3O2/c1-2-19-18(20-11-5-8-15-6-3-4-7-15)21-12-17(22)14-23-13-16-9-10-16/h15-17,22H,2-14H2,1H3,(H2,19,20,21). The zero-order chi connectivity index (χ0) is 16.3. The molecule has 2 rings (SSSR count). The molecule has 0 spiro atoms. The Morgan fingerprint density at radius 3 is 2.65 bits per heavy atom. The van der Waals surface area contributed by atoms with Gasteiger partial charge in [-0.2, -0.15) is 0 Å². The maximum atomic E-state index is 9.93. The fourth-order valence-electron chi connectivity index (χ4n) is 3.14. The van der Waals surface area contributed by atoms with Crippen molar-refractivity contribution in [2.45, 2.75) is 64.4 Å². The first kappa shape index (κ1) is 18.5. The molecule has 0 saturated heterocycles. The van der Waals surface area contributed by atoms with E-state index in [2.05, 4.69) is 22.5 Å². The summed E-state index contributed by atoms with van der Waals surface area (Å²) in [6.07, 6.45) is 10.2. The van der Waals surface area contributed by atoms with Gasteiger partial charge in [0.15, 0.2) is 5.96 Å². The molecule has 0 aromatic rings. The molecule has 5 nitrogen and oxygen atoms in total. The van der Waals surface area contributed by atoms with Crippen molar-refractivity contribution in [3.05, 3.63) is 0 Å². The van der Waals surface area contributed by atoms with E-state index in [0.717, 1.165) is 37.5 Å². The number of guanidine groups is 1. The predicted molar refractivity (Wildman–Crippen MR) is 94.7 cm³/mol. The lowest BCUT2D eigenvalue weighted by atomic mass is 10.0. The van der Waals surface area contributed by atoms with Gasteiger partial charge in [-0.3, -0.25) is 4.99 Å². The summed E-state index contributed by atoms with van der Waals surface area (Å²) in [7, 11) is 0. The average molecular weight is 325 g/mol. The van der Waals surface area contributed by atoms with Gasteiger partial charge in [0.2, 0.25) is 0 Å². The molecule has 5 heteroatoms. The third-order valence-corrected chi connectivity index (χ3v) is 4.72. The molecule has 2 saturated carbocycles. The minimum Gasteiger partial charge on any atom is -0.389 e. The minimum absolute atomic E-state index is 0.390. The van der Waals surface area contributed by atoms with Gasteiger partial charge in [0.25, 0.3) is 0 Å². The number of ether oxygens (including phenoxy) is 1. The van der Waals surface area contributed by atoms with Crippen molar-refractivity contribution in [1.82, 2.24) is 10.6 Å². The van der Waals surface area contributed by atoms with Crippen molar-refractivity contribution in [1.29, 1.82) is 0 Å². The third-order valence-electron chi connectivity index (χ3n) is 4.72. The van der Waals surface area contributed by atoms with Crippen LogP contribution in [0.1, 0.15) is 58.3 Å². The predicted octanol–water partition coefficient (Wildman–Crippen LogP) is 2.30. The van der Waals surface area contributed by atoms with Gasteiger partial charge < -0.3 is 20.5 Å². The maximum Gasteiger partial charge on any atom is 0.191 e. The van der Waals surface area contributed by atoms with Crippen LogP contribution in [0.5, 0.6) is 0 Å². The highest BCUT2D eigenvalue weighted by Gasteiger charge is 2.21. The van der Waals surface area contributed by atoms with E-state index >= 15 is 0 Å². The summed E-state index contributed by atoms with van der Waals surface area (Å²) in [5, 5.41) is 16.5. The molecule has 23 heavy (non-hydrogen) atoms. The number of hydrogen-bond acceptors (Lipinski definition) is 3. The van der Waals surface area contributed by atoms with Gasteiger partial charge in [-0.05, 0) is 44.4 Å². The highest BCUT2D eigenvalue weighted by Crippen LogP contribution is 2.29. The first-order valence-corrected chi connectivity index (χ1v) is 9.56. The van der Waals surface area contributed by atoms with Gasteiger partial charge in [-0.25, -0.2) is 0 Å². The largest absolute Gasteiger partial charge is 0.389 e. The molecule has 0 aromatic carbocycles. The van der Waals surface area contributed by atoms with Crippen LogP contribution in [0, 0.1) is 11.8 Å². The Labute approximate surface area is 141 Å². The second-order valence-corrected chi connectivity index (χ2v) is 7.07. The Morgan fingerprint density at radius 2 is 1.96 bits per heavy atom. The Morgan fingerprint density at radius 1 is 1.17 bits per heavy atom. The molecule has 2 aliphatic rings. The molecule has 1 unspecified atom stereocenters. The first-order chi connectivity index (χ1) is 11.3. The smallest absolute Gasteiger partial charge is 0.191 e. The molecule has 0 amide bonds. The molecule has 2 fully saturated rings. The molecule has 134 valence electrons. The van der Waals surface area contributed by atoms with Crippen LogP contribution in [-0.2, 0) is 4.74 Å². The molecule has 0 radical (unpaired) electrons. The number of aliphatic hydroxyl groups excluding tert-OH is 1. The maximum absolute atomic E-state index is 9.93. The van der Waals surface area contributed by atoms with Gasteiger partial charge in [0.1, 0.15) is 0 Å². The summed E-state index contributed by atoms with van der Waals surface area (Å²) in [6.45, 7) is 5.42. The summed E-state index contributed by atoms with van der Waals surface area (Å²) < 4.78 is 5.51. The molecular weight excluding hydrogens is 290 g/mol. The Hall–Kier alpha value is -0.810. The molecule has 0 heterocycles. The highest BCUT2D eigenvalue weighted by molar-refractivity contribution is 5.79. The monoisotopic (exact) mass is 325 g/mol. The van der Waals surface area contributed by atoms with Crippen LogP contribution < -0.4 is 10.6 Å². The Bertz CT molecular complexity index is 339. The fourth-order valence-corrected chi connectivity index (χ4v) is 3.14. The molecular formula is C18H35N3O2. The van der Waals surface area contributed by atoms with Crippen LogP contribution in [0.4, 0.5) is 0 Å². The molecule has 1 atom stereocenters. The van der Waals surface area contributed by atoms with E-state index in [0.29, 0.717) is 13.2 Å².